The van der Waals surface area contributed by atoms with Gasteiger partial charge in [0.25, 0.3) is 0 Å². The van der Waals surface area contributed by atoms with Crippen LogP contribution in [0.5, 0.6) is 11.5 Å². The van der Waals surface area contributed by atoms with Gasteiger partial charge in [0, 0.05) is 11.3 Å². The highest BCUT2D eigenvalue weighted by molar-refractivity contribution is 7.14. The summed E-state index contributed by atoms with van der Waals surface area (Å²) in [6.45, 7) is 12.3. The molecule has 0 bridgehead atoms. The predicted molar refractivity (Wildman–Crippen MR) is 157 cm³/mol. The first-order valence-electron chi connectivity index (χ1n) is 13.4. The lowest BCUT2D eigenvalue weighted by molar-refractivity contribution is -0.136. The van der Waals surface area contributed by atoms with Crippen molar-refractivity contribution >= 4 is 23.0 Å². The van der Waals surface area contributed by atoms with E-state index in [0.717, 1.165) is 33.2 Å². The zero-order valence-corrected chi connectivity index (χ0v) is 24.6. The number of oxime groups is 1. The maximum Gasteiger partial charge on any atom is 0.303 e. The lowest BCUT2D eigenvalue weighted by Crippen LogP contribution is -2.32. The maximum atomic E-state index is 10.7. The Balaban J connectivity index is 1.38. The molecular weight excluding hydrogens is 510 g/mol. The van der Waals surface area contributed by atoms with Gasteiger partial charge in [-0.3, -0.25) is 4.79 Å². The van der Waals surface area contributed by atoms with Crippen LogP contribution in [0.3, 0.4) is 0 Å². The van der Waals surface area contributed by atoms with Crippen molar-refractivity contribution in [2.75, 3.05) is 13.7 Å². The van der Waals surface area contributed by atoms with Gasteiger partial charge in [-0.1, -0.05) is 57.1 Å². The van der Waals surface area contributed by atoms with E-state index in [1.807, 2.05) is 59.9 Å². The van der Waals surface area contributed by atoms with E-state index in [1.54, 1.807) is 7.11 Å². The highest BCUT2D eigenvalue weighted by Crippen LogP contribution is 2.51. The first-order chi connectivity index (χ1) is 18.5. The van der Waals surface area contributed by atoms with E-state index >= 15 is 0 Å². The van der Waals surface area contributed by atoms with Gasteiger partial charge in [0.15, 0.2) is 0 Å². The molecule has 1 heterocycles. The Kier molecular flexibility index (Phi) is 8.70. The van der Waals surface area contributed by atoms with Crippen LogP contribution in [0.15, 0.2) is 53.7 Å². The summed E-state index contributed by atoms with van der Waals surface area (Å²) in [5, 5.41) is 13.2. The van der Waals surface area contributed by atoms with Gasteiger partial charge in [-0.15, -0.1) is 11.3 Å². The molecule has 0 aliphatic heterocycles. The monoisotopic (exact) mass is 549 g/mol. The van der Waals surface area contributed by atoms with Crippen molar-refractivity contribution in [3.05, 3.63) is 80.5 Å². The number of hydrogen-bond donors (Lipinski definition) is 1. The Bertz CT molecular complexity index is 1320. The van der Waals surface area contributed by atoms with Crippen molar-refractivity contribution in [3.63, 3.8) is 0 Å². The third-order valence-electron chi connectivity index (χ3n) is 7.53. The lowest BCUT2D eigenvalue weighted by Gasteiger charge is -2.39. The molecule has 0 unspecified atom stereocenters. The van der Waals surface area contributed by atoms with Crippen molar-refractivity contribution in [2.45, 2.75) is 77.7 Å². The summed E-state index contributed by atoms with van der Waals surface area (Å²) < 4.78 is 12.0. The molecule has 0 spiro atoms. The van der Waals surface area contributed by atoms with E-state index in [0.29, 0.717) is 19.6 Å². The van der Waals surface area contributed by atoms with Crippen LogP contribution in [-0.4, -0.2) is 30.5 Å². The Morgan fingerprint density at radius 1 is 0.923 bits per heavy atom. The van der Waals surface area contributed by atoms with Crippen LogP contribution in [0.2, 0.25) is 0 Å². The van der Waals surface area contributed by atoms with Crippen molar-refractivity contribution in [2.24, 2.45) is 5.16 Å². The fourth-order valence-electron chi connectivity index (χ4n) is 5.19. The zero-order chi connectivity index (χ0) is 28.2. The molecule has 39 heavy (non-hydrogen) atoms. The summed E-state index contributed by atoms with van der Waals surface area (Å²) >= 11 is 1.83. The summed E-state index contributed by atoms with van der Waals surface area (Å²) in [6, 6.07) is 15.4. The summed E-state index contributed by atoms with van der Waals surface area (Å²) in [6.07, 6.45) is 2.98. The molecule has 1 aliphatic carbocycles. The Labute approximate surface area is 235 Å². The molecular formula is C32H39NO5S. The fourth-order valence-corrected chi connectivity index (χ4v) is 6.77. The Morgan fingerprint density at radius 3 is 2.10 bits per heavy atom. The van der Waals surface area contributed by atoms with Gasteiger partial charge in [-0.05, 0) is 83.5 Å². The molecule has 0 saturated carbocycles. The standard InChI is InChI=1S/C32H39NO5S/c1-21-28-30(32(4,5)18-17-31(28,2)3)39-29(21)26(33-36-6)20-38-25-14-9-23(10-15-25)19-37-24-12-7-22(8-13-24)11-16-27(34)35/h7-10,12-15H,11,16-20H2,1-6H3,(H,34,35). The van der Waals surface area contributed by atoms with Crippen LogP contribution < -0.4 is 9.47 Å². The minimum Gasteiger partial charge on any atom is -0.489 e. The quantitative estimate of drug-likeness (QED) is 0.199. The van der Waals surface area contributed by atoms with E-state index in [9.17, 15) is 4.79 Å². The average Bonchev–Trinajstić information content (AvgIpc) is 3.27. The molecule has 2 aromatic carbocycles. The average molecular weight is 550 g/mol. The molecule has 0 amide bonds. The van der Waals surface area contributed by atoms with Crippen LogP contribution in [0.4, 0.5) is 0 Å². The number of aryl methyl sites for hydroxylation is 1. The largest absolute Gasteiger partial charge is 0.489 e. The van der Waals surface area contributed by atoms with Gasteiger partial charge < -0.3 is 19.4 Å². The van der Waals surface area contributed by atoms with Crippen LogP contribution in [-0.2, 0) is 33.5 Å². The SMILES string of the molecule is CON=C(COc1ccc(COc2ccc(CCC(=O)O)cc2)cc1)c1sc2c(c1C)C(C)(C)CCC2(C)C. The molecule has 7 heteroatoms. The topological polar surface area (TPSA) is 77.3 Å². The van der Waals surface area contributed by atoms with Crippen LogP contribution >= 0.6 is 11.3 Å². The number of fused-ring (bicyclic) bond motifs is 1. The van der Waals surface area contributed by atoms with E-state index in [4.69, 9.17) is 19.4 Å². The molecule has 1 N–H and O–H groups in total. The van der Waals surface area contributed by atoms with Gasteiger partial charge >= 0.3 is 5.97 Å². The number of carbonyl (C=O) groups is 1. The van der Waals surface area contributed by atoms with Crippen molar-refractivity contribution in [3.8, 4) is 11.5 Å². The summed E-state index contributed by atoms with van der Waals surface area (Å²) in [7, 11) is 1.58. The minimum absolute atomic E-state index is 0.124. The predicted octanol–water partition coefficient (Wildman–Crippen LogP) is 7.43. The summed E-state index contributed by atoms with van der Waals surface area (Å²) in [5.41, 5.74) is 5.85. The lowest BCUT2D eigenvalue weighted by atomic mass is 9.66. The maximum absolute atomic E-state index is 10.7. The molecule has 1 aromatic heterocycles. The van der Waals surface area contributed by atoms with Crippen LogP contribution in [0, 0.1) is 6.92 Å². The number of ether oxygens (including phenoxy) is 2. The van der Waals surface area contributed by atoms with Gasteiger partial charge in [0.2, 0.25) is 0 Å². The molecule has 0 atom stereocenters. The Hall–Kier alpha value is -3.32. The second kappa shape index (κ2) is 11.8. The molecule has 0 saturated heterocycles. The highest BCUT2D eigenvalue weighted by Gasteiger charge is 2.41. The van der Waals surface area contributed by atoms with Crippen molar-refractivity contribution < 1.29 is 24.2 Å². The van der Waals surface area contributed by atoms with E-state index in [2.05, 4.69) is 39.8 Å². The second-order valence-corrected chi connectivity index (χ2v) is 12.5. The first kappa shape index (κ1) is 28.7. The summed E-state index contributed by atoms with van der Waals surface area (Å²) in [5.74, 6) is 0.707. The third kappa shape index (κ3) is 6.82. The number of nitrogens with zero attached hydrogens (tertiary/aromatic N) is 1. The molecule has 6 nitrogen and oxygen atoms in total. The number of benzene rings is 2. The van der Waals surface area contributed by atoms with Crippen molar-refractivity contribution in [1.82, 2.24) is 0 Å². The highest BCUT2D eigenvalue weighted by atomic mass is 32.1. The van der Waals surface area contributed by atoms with Crippen molar-refractivity contribution in [1.29, 1.82) is 0 Å². The number of aliphatic carboxylic acids is 1. The number of thiophene rings is 1. The second-order valence-electron chi connectivity index (χ2n) is 11.5. The molecule has 208 valence electrons. The van der Waals surface area contributed by atoms with E-state index in [1.165, 1.54) is 28.8 Å². The molecule has 4 rings (SSSR count). The zero-order valence-electron chi connectivity index (χ0n) is 23.8. The van der Waals surface area contributed by atoms with Gasteiger partial charge in [0.05, 0.1) is 4.88 Å². The van der Waals surface area contributed by atoms with E-state index in [-0.39, 0.29) is 17.3 Å². The molecule has 0 radical (unpaired) electrons. The van der Waals surface area contributed by atoms with Gasteiger partial charge in [0.1, 0.15) is 37.5 Å². The molecule has 3 aromatic rings. The summed E-state index contributed by atoms with van der Waals surface area (Å²) in [4.78, 5) is 18.6. The molecule has 0 fully saturated rings. The van der Waals surface area contributed by atoms with Crippen LogP contribution in [0.1, 0.15) is 79.0 Å². The van der Waals surface area contributed by atoms with Crippen LogP contribution in [0.25, 0.3) is 0 Å². The van der Waals surface area contributed by atoms with E-state index < -0.39 is 5.97 Å². The van der Waals surface area contributed by atoms with Gasteiger partial charge in [-0.2, -0.15) is 0 Å². The Morgan fingerprint density at radius 2 is 1.51 bits per heavy atom. The molecule has 1 aliphatic rings. The minimum atomic E-state index is -0.793. The number of rotatable bonds is 11. The number of carboxylic acids is 1. The number of carboxylic acid groups (broad SMARTS) is 1. The third-order valence-corrected chi connectivity index (χ3v) is 9.24. The number of hydrogen-bond acceptors (Lipinski definition) is 6. The normalized spacial score (nSPS) is 15.9. The fraction of sp³-hybridized carbons (Fsp3) is 0.438. The first-order valence-corrected chi connectivity index (χ1v) is 14.2. The van der Waals surface area contributed by atoms with Gasteiger partial charge in [-0.25, -0.2) is 0 Å². The smallest absolute Gasteiger partial charge is 0.303 e.